The Morgan fingerprint density at radius 1 is 1.04 bits per heavy atom. The number of halogens is 1. The molecule has 0 aliphatic rings. The molecule has 0 saturated carbocycles. The molecular weight excluding hydrogens is 353 g/mol. The van der Waals surface area contributed by atoms with E-state index < -0.39 is 0 Å². The lowest BCUT2D eigenvalue weighted by Gasteiger charge is -2.11. The number of benzene rings is 3. The van der Waals surface area contributed by atoms with Crippen LogP contribution in [0.1, 0.15) is 5.56 Å². The second-order valence-corrected chi connectivity index (χ2v) is 6.26. The van der Waals surface area contributed by atoms with Crippen molar-refractivity contribution in [3.8, 4) is 16.9 Å². The van der Waals surface area contributed by atoms with Crippen LogP contribution in [0.25, 0.3) is 28.1 Å². The fraction of sp³-hybridized carbons (Fsp3) is 0.0435. The molecule has 0 bridgehead atoms. The first-order valence-electron chi connectivity index (χ1n) is 8.76. The van der Waals surface area contributed by atoms with E-state index in [0.29, 0.717) is 16.9 Å². The molecule has 0 aliphatic heterocycles. The molecule has 0 radical (unpaired) electrons. The molecule has 0 saturated heterocycles. The van der Waals surface area contributed by atoms with Gasteiger partial charge in [-0.25, -0.2) is 14.4 Å². The highest BCUT2D eigenvalue weighted by Crippen LogP contribution is 2.30. The van der Waals surface area contributed by atoms with Crippen LogP contribution in [0.5, 0.6) is 5.75 Å². The van der Waals surface area contributed by atoms with Crippen LogP contribution in [0.3, 0.4) is 0 Å². The minimum atomic E-state index is -0.302. The van der Waals surface area contributed by atoms with Crippen LogP contribution in [-0.4, -0.2) is 17.1 Å². The first kappa shape index (κ1) is 17.7. The molecule has 5 heteroatoms. The Hall–Kier alpha value is -3.73. The van der Waals surface area contributed by atoms with Crippen molar-refractivity contribution in [1.29, 1.82) is 0 Å². The standard InChI is InChI=1S/C23H18FN3O/c1-3-15-6-10-20(28-2)13-21(15)16-4-8-19(9-5-16)26-23-25-14-17-12-18(24)7-11-22(17)27-23/h3-14H,1H2,2H3,(H,25,26,27). The molecule has 0 atom stereocenters. The molecule has 138 valence electrons. The van der Waals surface area contributed by atoms with E-state index in [9.17, 15) is 4.39 Å². The van der Waals surface area contributed by atoms with E-state index in [1.807, 2.05) is 48.5 Å². The predicted octanol–water partition coefficient (Wildman–Crippen LogP) is 5.83. The highest BCUT2D eigenvalue weighted by Gasteiger charge is 2.06. The van der Waals surface area contributed by atoms with E-state index in [-0.39, 0.29) is 5.82 Å². The average Bonchev–Trinajstić information content (AvgIpc) is 2.74. The number of nitrogens with zero attached hydrogens (tertiary/aromatic N) is 2. The summed E-state index contributed by atoms with van der Waals surface area (Å²) in [4.78, 5) is 8.68. The van der Waals surface area contributed by atoms with Crippen LogP contribution in [0, 0.1) is 5.82 Å². The van der Waals surface area contributed by atoms with Crippen molar-refractivity contribution in [2.24, 2.45) is 0 Å². The summed E-state index contributed by atoms with van der Waals surface area (Å²) in [6, 6.07) is 18.3. The van der Waals surface area contributed by atoms with Gasteiger partial charge in [-0.1, -0.05) is 30.9 Å². The first-order valence-corrected chi connectivity index (χ1v) is 8.76. The number of hydrogen-bond acceptors (Lipinski definition) is 4. The number of aromatic nitrogens is 2. The number of hydrogen-bond donors (Lipinski definition) is 1. The maximum Gasteiger partial charge on any atom is 0.227 e. The van der Waals surface area contributed by atoms with Crippen molar-refractivity contribution in [2.45, 2.75) is 0 Å². The Labute approximate surface area is 162 Å². The number of rotatable bonds is 5. The monoisotopic (exact) mass is 371 g/mol. The first-order chi connectivity index (χ1) is 13.7. The molecular formula is C23H18FN3O. The summed E-state index contributed by atoms with van der Waals surface area (Å²) in [5.74, 6) is 0.952. The predicted molar refractivity (Wildman–Crippen MR) is 111 cm³/mol. The third-order valence-electron chi connectivity index (χ3n) is 4.47. The van der Waals surface area contributed by atoms with Gasteiger partial charge in [-0.2, -0.15) is 0 Å². The van der Waals surface area contributed by atoms with Crippen molar-refractivity contribution in [2.75, 3.05) is 12.4 Å². The number of nitrogens with one attached hydrogen (secondary N) is 1. The van der Waals surface area contributed by atoms with Gasteiger partial charge in [0.1, 0.15) is 11.6 Å². The molecule has 0 fully saturated rings. The lowest BCUT2D eigenvalue weighted by molar-refractivity contribution is 0.415. The second kappa shape index (κ2) is 7.48. The van der Waals surface area contributed by atoms with Crippen LogP contribution >= 0.6 is 0 Å². The van der Waals surface area contributed by atoms with Crippen molar-refractivity contribution in [1.82, 2.24) is 9.97 Å². The van der Waals surface area contributed by atoms with Crippen LogP contribution in [0.4, 0.5) is 16.0 Å². The summed E-state index contributed by atoms with van der Waals surface area (Å²) in [5.41, 5.74) is 4.67. The topological polar surface area (TPSA) is 47.0 Å². The molecule has 1 heterocycles. The number of fused-ring (bicyclic) bond motifs is 1. The molecule has 4 aromatic rings. The summed E-state index contributed by atoms with van der Waals surface area (Å²) < 4.78 is 18.6. The maximum atomic E-state index is 13.3. The van der Waals surface area contributed by atoms with Gasteiger partial charge in [-0.3, -0.25) is 0 Å². The summed E-state index contributed by atoms with van der Waals surface area (Å²) >= 11 is 0. The van der Waals surface area contributed by atoms with Crippen molar-refractivity contribution in [3.63, 3.8) is 0 Å². The number of ether oxygens (including phenoxy) is 1. The van der Waals surface area contributed by atoms with Crippen molar-refractivity contribution >= 4 is 28.6 Å². The van der Waals surface area contributed by atoms with Crippen molar-refractivity contribution in [3.05, 3.63) is 84.8 Å². The van der Waals surface area contributed by atoms with Gasteiger partial charge < -0.3 is 10.1 Å². The highest BCUT2D eigenvalue weighted by atomic mass is 19.1. The Kier molecular flexibility index (Phi) is 4.72. The van der Waals surface area contributed by atoms with E-state index in [1.54, 1.807) is 19.4 Å². The summed E-state index contributed by atoms with van der Waals surface area (Å²) in [5, 5.41) is 3.84. The number of methoxy groups -OCH3 is 1. The van der Waals surface area contributed by atoms with Crippen LogP contribution in [-0.2, 0) is 0 Å². The Bertz CT molecular complexity index is 1160. The third-order valence-corrected chi connectivity index (χ3v) is 4.47. The quantitative estimate of drug-likeness (QED) is 0.479. The summed E-state index contributed by atoms with van der Waals surface area (Å²) in [6.07, 6.45) is 3.43. The lowest BCUT2D eigenvalue weighted by atomic mass is 9.99. The fourth-order valence-electron chi connectivity index (χ4n) is 3.02. The molecule has 0 unspecified atom stereocenters. The van der Waals surface area contributed by atoms with E-state index in [1.165, 1.54) is 12.1 Å². The minimum Gasteiger partial charge on any atom is -0.497 e. The zero-order valence-corrected chi connectivity index (χ0v) is 15.3. The second-order valence-electron chi connectivity index (χ2n) is 6.26. The molecule has 4 rings (SSSR count). The van der Waals surface area contributed by atoms with Crippen LogP contribution in [0.2, 0.25) is 0 Å². The zero-order valence-electron chi connectivity index (χ0n) is 15.3. The van der Waals surface area contributed by atoms with Crippen LogP contribution < -0.4 is 10.1 Å². The molecule has 0 aliphatic carbocycles. The van der Waals surface area contributed by atoms with Gasteiger partial charge in [0.2, 0.25) is 5.95 Å². The Morgan fingerprint density at radius 2 is 1.86 bits per heavy atom. The smallest absolute Gasteiger partial charge is 0.227 e. The van der Waals surface area contributed by atoms with Gasteiger partial charge in [0.15, 0.2) is 0 Å². The van der Waals surface area contributed by atoms with Gasteiger partial charge >= 0.3 is 0 Å². The van der Waals surface area contributed by atoms with Gasteiger partial charge in [0, 0.05) is 17.3 Å². The fourth-order valence-corrected chi connectivity index (χ4v) is 3.02. The van der Waals surface area contributed by atoms with E-state index in [4.69, 9.17) is 4.74 Å². The molecule has 0 spiro atoms. The molecule has 0 amide bonds. The molecule has 3 aromatic carbocycles. The Morgan fingerprint density at radius 3 is 2.61 bits per heavy atom. The average molecular weight is 371 g/mol. The molecule has 1 N–H and O–H groups in total. The van der Waals surface area contributed by atoms with Gasteiger partial charge in [-0.15, -0.1) is 0 Å². The summed E-state index contributed by atoms with van der Waals surface area (Å²) in [6.45, 7) is 3.88. The van der Waals surface area contributed by atoms with Gasteiger partial charge in [0.25, 0.3) is 0 Å². The third kappa shape index (κ3) is 3.55. The molecule has 1 aromatic heterocycles. The normalized spacial score (nSPS) is 10.6. The highest BCUT2D eigenvalue weighted by molar-refractivity contribution is 5.80. The molecule has 28 heavy (non-hydrogen) atoms. The van der Waals surface area contributed by atoms with Gasteiger partial charge in [0.05, 0.1) is 12.6 Å². The van der Waals surface area contributed by atoms with E-state index in [2.05, 4.69) is 21.9 Å². The summed E-state index contributed by atoms with van der Waals surface area (Å²) in [7, 11) is 1.65. The lowest BCUT2D eigenvalue weighted by Crippen LogP contribution is -1.97. The van der Waals surface area contributed by atoms with E-state index in [0.717, 1.165) is 28.1 Å². The van der Waals surface area contributed by atoms with Crippen molar-refractivity contribution < 1.29 is 9.13 Å². The SMILES string of the molecule is C=Cc1ccc(OC)cc1-c1ccc(Nc2ncc3cc(F)ccc3n2)cc1. The van der Waals surface area contributed by atoms with Crippen LogP contribution in [0.15, 0.2) is 73.4 Å². The Balaban J connectivity index is 1.60. The minimum absolute atomic E-state index is 0.302. The van der Waals surface area contributed by atoms with Gasteiger partial charge in [-0.05, 0) is 59.2 Å². The largest absolute Gasteiger partial charge is 0.497 e. The number of anilines is 2. The van der Waals surface area contributed by atoms with E-state index >= 15 is 0 Å². The zero-order chi connectivity index (χ0) is 19.5. The molecule has 4 nitrogen and oxygen atoms in total. The maximum absolute atomic E-state index is 13.3.